The van der Waals surface area contributed by atoms with Crippen LogP contribution in [0, 0.1) is 82.1 Å². The Balaban J connectivity index is -0.000000000500. The van der Waals surface area contributed by atoms with Gasteiger partial charge in [0.2, 0.25) is 0 Å². The van der Waals surface area contributed by atoms with Crippen LogP contribution in [-0.4, -0.2) is 45.5 Å². The van der Waals surface area contributed by atoms with E-state index in [4.69, 9.17) is 3.83 Å². The zero-order valence-corrected chi connectivity index (χ0v) is 14.1. The van der Waals surface area contributed by atoms with Crippen molar-refractivity contribution in [3.63, 3.8) is 0 Å². The summed E-state index contributed by atoms with van der Waals surface area (Å²) in [6, 6.07) is 0. The number of hydrogen-bond acceptors (Lipinski definition) is 1. The minimum absolute atomic E-state index is 0. The summed E-state index contributed by atoms with van der Waals surface area (Å²) in [6.45, 7) is 0. The second-order valence-corrected chi connectivity index (χ2v) is 0. The van der Waals surface area contributed by atoms with Crippen LogP contribution in [-0.2, 0) is 19.8 Å². The predicted octanol–water partition coefficient (Wildman–Crippen LogP) is -0.277. The van der Waals surface area contributed by atoms with Gasteiger partial charge in [0.1, 0.15) is 0 Å². The van der Waals surface area contributed by atoms with E-state index in [1.165, 1.54) is 0 Å². The van der Waals surface area contributed by atoms with E-state index in [1.54, 1.807) is 15.9 Å². The fourth-order valence-electron chi connectivity index (χ4n) is 0. The first-order chi connectivity index (χ1) is 1.00. The SMILES string of the molecule is [H-].[H-].[Nd].[O]=[Mn].[Pr].[Sr+2]. The van der Waals surface area contributed by atoms with Crippen LogP contribution in [0.3, 0.4) is 0 Å². The Kier molecular flexibility index (Phi) is 107. The fourth-order valence-corrected chi connectivity index (χ4v) is 0. The molecule has 0 rings (SSSR count). The van der Waals surface area contributed by atoms with E-state index in [1.807, 2.05) is 0 Å². The van der Waals surface area contributed by atoms with Gasteiger partial charge in [-0.3, -0.25) is 0 Å². The molecule has 0 spiro atoms. The Bertz CT molecular complexity index is 17.7. The molecule has 0 aliphatic carbocycles. The van der Waals surface area contributed by atoms with Gasteiger partial charge in [0.25, 0.3) is 0 Å². The second-order valence-electron chi connectivity index (χ2n) is 0. The molecule has 0 atom stereocenters. The van der Waals surface area contributed by atoms with Gasteiger partial charge in [0.05, 0.1) is 0 Å². The second kappa shape index (κ2) is 23.6. The molecule has 1 radical (unpaired) electrons. The molecule has 0 bridgehead atoms. The molecule has 24 valence electrons. The molecular weight excluding hydrogens is 444 g/mol. The molecule has 0 saturated heterocycles. The van der Waals surface area contributed by atoms with Crippen molar-refractivity contribution in [2.75, 3.05) is 0 Å². The van der Waals surface area contributed by atoms with Crippen LogP contribution in [0.2, 0.25) is 0 Å². The van der Waals surface area contributed by atoms with Crippen LogP contribution in [0.25, 0.3) is 0 Å². The van der Waals surface area contributed by atoms with E-state index < -0.39 is 0 Å². The van der Waals surface area contributed by atoms with Crippen molar-refractivity contribution < 1.29 is 105 Å². The normalized spacial score (nSPS) is 0.800. The van der Waals surface area contributed by atoms with Crippen LogP contribution >= 0.6 is 0 Å². The van der Waals surface area contributed by atoms with Crippen molar-refractivity contribution in [1.82, 2.24) is 0 Å². The maximum Gasteiger partial charge on any atom is 2.00 e. The largest absolute Gasteiger partial charge is 2.00 e. The van der Waals surface area contributed by atoms with E-state index in [0.717, 1.165) is 0 Å². The van der Waals surface area contributed by atoms with Crippen molar-refractivity contribution >= 4 is 45.5 Å². The molecule has 5 heavy (non-hydrogen) atoms. The van der Waals surface area contributed by atoms with Crippen molar-refractivity contribution in [3.05, 3.63) is 0 Å². The standard InChI is InChI=1S/Mn.Nd.O.Pr.Sr.2H/q;;;;+2;2*-1. The summed E-state index contributed by atoms with van der Waals surface area (Å²) in [6.07, 6.45) is 0. The summed E-state index contributed by atoms with van der Waals surface area (Å²) >= 11 is 1.69. The van der Waals surface area contributed by atoms with Crippen molar-refractivity contribution in [1.29, 1.82) is 0 Å². The van der Waals surface area contributed by atoms with E-state index in [-0.39, 0.29) is 130 Å². The van der Waals surface area contributed by atoms with Gasteiger partial charge < -0.3 is 2.85 Å². The molecule has 0 aromatic heterocycles. The fraction of sp³-hybridized carbons (Fsp3) is 0. The van der Waals surface area contributed by atoms with Crippen LogP contribution in [0.1, 0.15) is 2.85 Å². The zero-order valence-electron chi connectivity index (χ0n) is 4.57. The minimum atomic E-state index is 0. The average molecular weight is 446 g/mol. The maximum atomic E-state index is 8.06. The molecular formula is H2MnNdOPrSr. The molecule has 0 aliphatic rings. The van der Waals surface area contributed by atoms with Gasteiger partial charge in [0, 0.05) is 82.1 Å². The summed E-state index contributed by atoms with van der Waals surface area (Å²) in [5.74, 6) is 0. The Morgan fingerprint density at radius 2 is 1.40 bits per heavy atom. The summed E-state index contributed by atoms with van der Waals surface area (Å²) in [5, 5.41) is 0. The van der Waals surface area contributed by atoms with E-state index in [9.17, 15) is 0 Å². The summed E-state index contributed by atoms with van der Waals surface area (Å²) < 4.78 is 8.06. The third-order valence-corrected chi connectivity index (χ3v) is 0. The van der Waals surface area contributed by atoms with Crippen molar-refractivity contribution in [2.45, 2.75) is 0 Å². The molecule has 0 aromatic carbocycles. The molecule has 0 fully saturated rings. The van der Waals surface area contributed by atoms with Crippen molar-refractivity contribution in [2.24, 2.45) is 0 Å². The van der Waals surface area contributed by atoms with Gasteiger partial charge >= 0.3 is 65.3 Å². The Morgan fingerprint density at radius 1 is 1.40 bits per heavy atom. The quantitative estimate of drug-likeness (QED) is 0.469. The monoisotopic (exact) mass is 444 g/mol. The van der Waals surface area contributed by atoms with Gasteiger partial charge in [-0.15, -0.1) is 0 Å². The van der Waals surface area contributed by atoms with Crippen LogP contribution in [0.4, 0.5) is 0 Å². The van der Waals surface area contributed by atoms with Crippen molar-refractivity contribution in [3.8, 4) is 0 Å². The molecule has 1 nitrogen and oxygen atoms in total. The Morgan fingerprint density at radius 3 is 1.40 bits per heavy atom. The summed E-state index contributed by atoms with van der Waals surface area (Å²) in [5.41, 5.74) is 0. The van der Waals surface area contributed by atoms with E-state index in [0.29, 0.717) is 0 Å². The van der Waals surface area contributed by atoms with E-state index >= 15 is 0 Å². The molecule has 0 amide bonds. The first kappa shape index (κ1) is 22.7. The summed E-state index contributed by atoms with van der Waals surface area (Å²) in [7, 11) is 0. The molecule has 5 heteroatoms. The Hall–Kier alpha value is 4.51. The third-order valence-electron chi connectivity index (χ3n) is 0. The van der Waals surface area contributed by atoms with Crippen LogP contribution in [0.5, 0.6) is 0 Å². The average Bonchev–Trinajstić information content (AvgIpc) is 1.00. The first-order valence-corrected chi connectivity index (χ1v) is 0.636. The molecule has 0 heterocycles. The smallest absolute Gasteiger partial charge is 0 e. The molecule has 0 saturated carbocycles. The van der Waals surface area contributed by atoms with E-state index in [2.05, 4.69) is 0 Å². The predicted molar refractivity (Wildman–Crippen MR) is 8.66 cm³/mol. The minimum Gasteiger partial charge on any atom is 0 e. The van der Waals surface area contributed by atoms with Crippen LogP contribution in [0.15, 0.2) is 0 Å². The topological polar surface area (TPSA) is 17.1 Å². The molecule has 0 aliphatic heterocycles. The molecule has 0 aromatic rings. The van der Waals surface area contributed by atoms with Gasteiger partial charge in [-0.05, 0) is 0 Å². The molecule has 0 N–H and O–H groups in total. The van der Waals surface area contributed by atoms with Gasteiger partial charge in [0.15, 0.2) is 0 Å². The zero-order chi connectivity index (χ0) is 2.00. The van der Waals surface area contributed by atoms with Gasteiger partial charge in [-0.2, -0.15) is 0 Å². The van der Waals surface area contributed by atoms with Crippen LogP contribution < -0.4 is 0 Å². The maximum absolute atomic E-state index is 8.06. The number of rotatable bonds is 0. The Labute approximate surface area is 146 Å². The number of hydrogen-bond donors (Lipinski definition) is 0. The third kappa shape index (κ3) is 17.7. The first-order valence-electron chi connectivity index (χ1n) is 0.154. The van der Waals surface area contributed by atoms with Gasteiger partial charge in [-0.1, -0.05) is 0 Å². The van der Waals surface area contributed by atoms with Gasteiger partial charge in [-0.25, -0.2) is 0 Å². The summed E-state index contributed by atoms with van der Waals surface area (Å²) in [4.78, 5) is 0. The molecule has 0 unspecified atom stereocenters.